The summed E-state index contributed by atoms with van der Waals surface area (Å²) in [5.74, 6) is 1.78. The van der Waals surface area contributed by atoms with Crippen LogP contribution in [0.2, 0.25) is 0 Å². The number of likely N-dealkylation sites (tertiary alicyclic amines) is 1. The van der Waals surface area contributed by atoms with Gasteiger partial charge in [0.1, 0.15) is 23.4 Å². The highest BCUT2D eigenvalue weighted by molar-refractivity contribution is 6.01. The molecule has 0 spiro atoms. The average Bonchev–Trinajstić information content (AvgIpc) is 3.23. The van der Waals surface area contributed by atoms with E-state index in [0.29, 0.717) is 6.54 Å². The number of rotatable bonds is 4. The van der Waals surface area contributed by atoms with Crippen molar-refractivity contribution in [2.24, 2.45) is 5.92 Å². The molecule has 0 radical (unpaired) electrons. The number of aromatic nitrogens is 4. The molecule has 1 saturated carbocycles. The second-order valence-electron chi connectivity index (χ2n) is 7.75. The number of amides is 1. The van der Waals surface area contributed by atoms with Crippen LogP contribution in [0, 0.1) is 17.2 Å². The van der Waals surface area contributed by atoms with Crippen molar-refractivity contribution in [3.63, 3.8) is 0 Å². The van der Waals surface area contributed by atoms with Gasteiger partial charge < -0.3 is 14.5 Å². The number of piperidine rings is 1. The number of hydrogen-bond acceptors (Lipinski definition) is 4. The number of aromatic amines is 1. The van der Waals surface area contributed by atoms with Gasteiger partial charge in [-0.2, -0.15) is 5.26 Å². The minimum absolute atomic E-state index is 0.0433. The Hall–Kier alpha value is -2.88. The maximum absolute atomic E-state index is 12.3. The van der Waals surface area contributed by atoms with Crippen molar-refractivity contribution < 1.29 is 4.79 Å². The topological polar surface area (TPSA) is 90.6 Å². The molecule has 2 aliphatic rings. The normalized spacial score (nSPS) is 20.3. The lowest BCUT2D eigenvalue weighted by molar-refractivity contribution is -0.131. The summed E-state index contributed by atoms with van der Waals surface area (Å²) in [6, 6.07) is 4.24. The number of H-pyrrole nitrogens is 1. The van der Waals surface area contributed by atoms with Crippen molar-refractivity contribution >= 4 is 28.0 Å². The first-order chi connectivity index (χ1) is 13.2. The number of carbonyl (C=O) groups is 1. The molecule has 1 saturated heterocycles. The molecule has 3 aromatic rings. The molecule has 3 aromatic heterocycles. The molecule has 1 aliphatic heterocycles. The summed E-state index contributed by atoms with van der Waals surface area (Å²) in [7, 11) is 0. The number of nitrogens with zero attached hydrogens (tertiary/aromatic N) is 5. The average molecular weight is 362 g/mol. The van der Waals surface area contributed by atoms with E-state index in [4.69, 9.17) is 10.2 Å². The number of nitrogens with one attached hydrogen (secondary N) is 1. The number of carbonyl (C=O) groups excluding carboxylic acids is 1. The molecule has 4 heterocycles. The van der Waals surface area contributed by atoms with Crippen molar-refractivity contribution in [2.45, 2.75) is 44.6 Å². The number of nitriles is 1. The Bertz CT molecular complexity index is 1050. The van der Waals surface area contributed by atoms with Gasteiger partial charge in [-0.15, -0.1) is 0 Å². The zero-order valence-electron chi connectivity index (χ0n) is 15.2. The van der Waals surface area contributed by atoms with Gasteiger partial charge in [0.2, 0.25) is 5.91 Å². The van der Waals surface area contributed by atoms with Gasteiger partial charge in [0.05, 0.1) is 23.8 Å². The van der Waals surface area contributed by atoms with Crippen LogP contribution in [0.1, 0.15) is 44.0 Å². The van der Waals surface area contributed by atoms with Crippen LogP contribution in [0.25, 0.3) is 22.1 Å². The molecule has 1 N–H and O–H groups in total. The Morgan fingerprint density at radius 1 is 1.37 bits per heavy atom. The quantitative estimate of drug-likeness (QED) is 0.772. The maximum atomic E-state index is 12.3. The third-order valence-electron chi connectivity index (χ3n) is 5.82. The fourth-order valence-corrected chi connectivity index (χ4v) is 4.33. The third-order valence-corrected chi connectivity index (χ3v) is 5.82. The summed E-state index contributed by atoms with van der Waals surface area (Å²) in [5.41, 5.74) is 2.92. The third kappa shape index (κ3) is 2.85. The van der Waals surface area contributed by atoms with Gasteiger partial charge in [-0.25, -0.2) is 9.97 Å². The SMILES string of the molecule is N#CCC(=O)N1CCCC(n2c(CC3CC3)nc3cnc4[nH]ccc4c32)C1. The summed E-state index contributed by atoms with van der Waals surface area (Å²) in [5, 5.41) is 9.97. The minimum atomic E-state index is -0.0659. The van der Waals surface area contributed by atoms with Crippen molar-refractivity contribution in [3.8, 4) is 6.07 Å². The highest BCUT2D eigenvalue weighted by atomic mass is 16.2. The summed E-state index contributed by atoms with van der Waals surface area (Å²) >= 11 is 0. The van der Waals surface area contributed by atoms with E-state index in [1.54, 1.807) is 0 Å². The maximum Gasteiger partial charge on any atom is 0.236 e. The van der Waals surface area contributed by atoms with Gasteiger partial charge in [0.25, 0.3) is 0 Å². The van der Waals surface area contributed by atoms with Crippen molar-refractivity contribution in [2.75, 3.05) is 13.1 Å². The molecule has 0 aromatic carbocycles. The lowest BCUT2D eigenvalue weighted by Crippen LogP contribution is -2.40. The standard InChI is InChI=1S/C20H22N6O/c21-7-5-18(27)25-9-1-2-14(12-25)26-17(10-13-3-4-13)24-16-11-23-20-15(19(16)26)6-8-22-20/h6,8,11,13-14H,1-5,9-10,12H2,(H,22,23). The Morgan fingerprint density at radius 2 is 2.26 bits per heavy atom. The first-order valence-electron chi connectivity index (χ1n) is 9.72. The van der Waals surface area contributed by atoms with Crippen molar-refractivity contribution in [1.82, 2.24) is 24.4 Å². The van der Waals surface area contributed by atoms with Crippen LogP contribution < -0.4 is 0 Å². The van der Waals surface area contributed by atoms with E-state index in [0.717, 1.165) is 59.6 Å². The van der Waals surface area contributed by atoms with Crippen LogP contribution in [0.5, 0.6) is 0 Å². The smallest absolute Gasteiger partial charge is 0.236 e. The predicted molar refractivity (Wildman–Crippen MR) is 101 cm³/mol. The molecule has 1 aliphatic carbocycles. The highest BCUT2D eigenvalue weighted by Gasteiger charge is 2.31. The van der Waals surface area contributed by atoms with Crippen LogP contribution in [-0.4, -0.2) is 43.4 Å². The molecule has 138 valence electrons. The van der Waals surface area contributed by atoms with E-state index in [9.17, 15) is 4.79 Å². The summed E-state index contributed by atoms with van der Waals surface area (Å²) < 4.78 is 2.37. The lowest BCUT2D eigenvalue weighted by atomic mass is 10.0. The largest absolute Gasteiger partial charge is 0.346 e. The minimum Gasteiger partial charge on any atom is -0.346 e. The van der Waals surface area contributed by atoms with E-state index in [2.05, 4.69) is 20.6 Å². The summed E-state index contributed by atoms with van der Waals surface area (Å²) in [6.07, 6.45) is 9.24. The number of fused-ring (bicyclic) bond motifs is 3. The second-order valence-corrected chi connectivity index (χ2v) is 7.75. The van der Waals surface area contributed by atoms with E-state index in [1.165, 1.54) is 12.8 Å². The fourth-order valence-electron chi connectivity index (χ4n) is 4.33. The van der Waals surface area contributed by atoms with Crippen LogP contribution >= 0.6 is 0 Å². The van der Waals surface area contributed by atoms with Crippen LogP contribution in [0.4, 0.5) is 0 Å². The Labute approximate surface area is 157 Å². The second kappa shape index (κ2) is 6.38. The van der Waals surface area contributed by atoms with Gasteiger partial charge in [0, 0.05) is 31.1 Å². The first kappa shape index (κ1) is 16.3. The molecular formula is C20H22N6O. The zero-order chi connectivity index (χ0) is 18.4. The molecular weight excluding hydrogens is 340 g/mol. The molecule has 1 amide bonds. The van der Waals surface area contributed by atoms with E-state index in [-0.39, 0.29) is 18.4 Å². The molecule has 7 heteroatoms. The van der Waals surface area contributed by atoms with E-state index >= 15 is 0 Å². The fraction of sp³-hybridized carbons (Fsp3) is 0.500. The van der Waals surface area contributed by atoms with Gasteiger partial charge >= 0.3 is 0 Å². The van der Waals surface area contributed by atoms with Gasteiger partial charge in [-0.1, -0.05) is 0 Å². The molecule has 5 rings (SSSR count). The zero-order valence-corrected chi connectivity index (χ0v) is 15.2. The van der Waals surface area contributed by atoms with Gasteiger partial charge in [0.15, 0.2) is 0 Å². The number of hydrogen-bond donors (Lipinski definition) is 1. The van der Waals surface area contributed by atoms with Gasteiger partial charge in [-0.3, -0.25) is 4.79 Å². The first-order valence-corrected chi connectivity index (χ1v) is 9.72. The van der Waals surface area contributed by atoms with E-state index in [1.807, 2.05) is 23.4 Å². The van der Waals surface area contributed by atoms with Crippen molar-refractivity contribution in [3.05, 3.63) is 24.3 Å². The molecule has 0 bridgehead atoms. The Morgan fingerprint density at radius 3 is 3.07 bits per heavy atom. The van der Waals surface area contributed by atoms with Crippen LogP contribution in [0.15, 0.2) is 18.5 Å². The Kier molecular flexibility index (Phi) is 3.85. The summed E-state index contributed by atoms with van der Waals surface area (Å²) in [4.78, 5) is 26.8. The molecule has 27 heavy (non-hydrogen) atoms. The Balaban J connectivity index is 1.60. The van der Waals surface area contributed by atoms with E-state index < -0.39 is 0 Å². The van der Waals surface area contributed by atoms with Gasteiger partial charge in [-0.05, 0) is 37.7 Å². The highest BCUT2D eigenvalue weighted by Crippen LogP contribution is 2.37. The molecule has 1 atom stereocenters. The number of pyridine rings is 1. The summed E-state index contributed by atoms with van der Waals surface area (Å²) in [6.45, 7) is 1.39. The lowest BCUT2D eigenvalue weighted by Gasteiger charge is -2.34. The molecule has 7 nitrogen and oxygen atoms in total. The number of imidazole rings is 1. The van der Waals surface area contributed by atoms with Crippen LogP contribution in [-0.2, 0) is 11.2 Å². The monoisotopic (exact) mass is 362 g/mol. The van der Waals surface area contributed by atoms with Crippen LogP contribution in [0.3, 0.4) is 0 Å². The van der Waals surface area contributed by atoms with Crippen molar-refractivity contribution in [1.29, 1.82) is 5.26 Å². The molecule has 1 unspecified atom stereocenters. The predicted octanol–water partition coefficient (Wildman–Crippen LogP) is 2.94. The molecule has 2 fully saturated rings.